The van der Waals surface area contributed by atoms with Crippen LogP contribution in [0.15, 0.2) is 70.1 Å². The molecule has 0 amide bonds. The van der Waals surface area contributed by atoms with Crippen molar-refractivity contribution in [3.8, 4) is 17.2 Å². The highest BCUT2D eigenvalue weighted by atomic mass is 127. The van der Waals surface area contributed by atoms with E-state index in [2.05, 4.69) is 34.2 Å². The zero-order valence-corrected chi connectivity index (χ0v) is 26.7. The Hall–Kier alpha value is -3.38. The number of rotatable bonds is 11. The van der Waals surface area contributed by atoms with Crippen LogP contribution in [0.5, 0.6) is 17.2 Å². The Bertz CT molecular complexity index is 1670. The van der Waals surface area contributed by atoms with Crippen molar-refractivity contribution in [1.29, 1.82) is 0 Å². The maximum absolute atomic E-state index is 14.1. The topological polar surface area (TPSA) is 88.4 Å². The third kappa shape index (κ3) is 6.59. The molecule has 3 aromatic rings. The molecule has 0 bridgehead atoms. The number of ether oxygens (including phenoxy) is 4. The van der Waals surface area contributed by atoms with Crippen LogP contribution in [0.2, 0.25) is 0 Å². The van der Waals surface area contributed by atoms with Crippen LogP contribution >= 0.6 is 33.9 Å². The van der Waals surface area contributed by atoms with Crippen molar-refractivity contribution in [3.63, 3.8) is 0 Å². The van der Waals surface area contributed by atoms with Crippen LogP contribution in [0.4, 0.5) is 0 Å². The normalized spacial score (nSPS) is 14.9. The van der Waals surface area contributed by atoms with Crippen LogP contribution < -0.4 is 29.1 Å². The van der Waals surface area contributed by atoms with E-state index in [1.165, 1.54) is 11.3 Å². The fourth-order valence-electron chi connectivity index (χ4n) is 4.52. The largest absolute Gasteiger partial charge is 0.491 e. The molecule has 1 atom stereocenters. The van der Waals surface area contributed by atoms with Gasteiger partial charge in [0.1, 0.15) is 18.4 Å². The Kier molecular flexibility index (Phi) is 10.1. The van der Waals surface area contributed by atoms with Crippen molar-refractivity contribution in [3.05, 3.63) is 94.7 Å². The summed E-state index contributed by atoms with van der Waals surface area (Å²) in [4.78, 5) is 32.5. The average Bonchev–Trinajstić information content (AvgIpc) is 3.22. The lowest BCUT2D eigenvalue weighted by Gasteiger charge is -2.26. The molecule has 1 aliphatic heterocycles. The number of para-hydroxylation sites is 1. The number of hydrogen-bond acceptors (Lipinski definition) is 8. The molecule has 216 valence electrons. The molecule has 0 N–H and O–H groups in total. The van der Waals surface area contributed by atoms with Gasteiger partial charge in [-0.1, -0.05) is 42.2 Å². The number of benzene rings is 2. The molecule has 0 aliphatic carbocycles. The number of esters is 1. The zero-order chi connectivity index (χ0) is 29.7. The predicted molar refractivity (Wildman–Crippen MR) is 169 cm³/mol. The van der Waals surface area contributed by atoms with Gasteiger partial charge >= 0.3 is 5.97 Å². The van der Waals surface area contributed by atoms with Gasteiger partial charge in [-0.25, -0.2) is 9.79 Å². The number of nitrogens with zero attached hydrogens (tertiary/aromatic N) is 2. The molecular formula is C31H33IN2O6S. The van der Waals surface area contributed by atoms with E-state index < -0.39 is 12.0 Å². The molecule has 0 unspecified atom stereocenters. The number of fused-ring (bicyclic) bond motifs is 1. The highest BCUT2D eigenvalue weighted by molar-refractivity contribution is 14.1. The van der Waals surface area contributed by atoms with Gasteiger partial charge < -0.3 is 18.9 Å². The number of carbonyl (C=O) groups is 1. The van der Waals surface area contributed by atoms with Gasteiger partial charge in [0.15, 0.2) is 16.3 Å². The Morgan fingerprint density at radius 3 is 2.61 bits per heavy atom. The second kappa shape index (κ2) is 13.5. The van der Waals surface area contributed by atoms with E-state index in [4.69, 9.17) is 18.9 Å². The molecule has 41 heavy (non-hydrogen) atoms. The van der Waals surface area contributed by atoms with Crippen LogP contribution in [-0.4, -0.2) is 36.5 Å². The summed E-state index contributed by atoms with van der Waals surface area (Å²) in [6, 6.07) is 10.5. The fraction of sp³-hybridized carbons (Fsp3) is 0.323. The van der Waals surface area contributed by atoms with Gasteiger partial charge in [-0.05, 0) is 87.0 Å². The van der Waals surface area contributed by atoms with E-state index >= 15 is 0 Å². The van der Waals surface area contributed by atoms with E-state index in [9.17, 15) is 9.59 Å². The third-order valence-corrected chi connectivity index (χ3v) is 7.85. The van der Waals surface area contributed by atoms with Crippen molar-refractivity contribution < 1.29 is 23.7 Å². The SMILES string of the molecule is C=CCOc1c(I)cc(/C=c2\sc3n(c2=O)[C@@H](c2ccccc2OC(C)C)C(C(=O)OCC)=C(C)N=3)cc1OCC. The lowest BCUT2D eigenvalue weighted by atomic mass is 9.95. The monoisotopic (exact) mass is 688 g/mol. The van der Waals surface area contributed by atoms with E-state index in [0.29, 0.717) is 56.6 Å². The molecule has 0 saturated carbocycles. The third-order valence-electron chi connectivity index (χ3n) is 6.07. The van der Waals surface area contributed by atoms with Crippen molar-refractivity contribution in [2.45, 2.75) is 46.8 Å². The Morgan fingerprint density at radius 1 is 1.17 bits per heavy atom. The molecule has 8 nitrogen and oxygen atoms in total. The first kappa shape index (κ1) is 30.6. The number of hydrogen-bond donors (Lipinski definition) is 0. The predicted octanol–water partition coefficient (Wildman–Crippen LogP) is 5.15. The summed E-state index contributed by atoms with van der Waals surface area (Å²) in [6.07, 6.45) is 3.37. The summed E-state index contributed by atoms with van der Waals surface area (Å²) in [5.74, 6) is 1.28. The lowest BCUT2D eigenvalue weighted by molar-refractivity contribution is -0.139. The molecule has 0 spiro atoms. The zero-order valence-electron chi connectivity index (χ0n) is 23.7. The minimum atomic E-state index is -0.767. The summed E-state index contributed by atoms with van der Waals surface area (Å²) < 4.78 is 26.1. The van der Waals surface area contributed by atoms with Crippen LogP contribution in [0, 0.1) is 3.57 Å². The Balaban J connectivity index is 1.94. The summed E-state index contributed by atoms with van der Waals surface area (Å²) in [5.41, 5.74) is 1.99. The number of allylic oxidation sites excluding steroid dienone is 1. The molecule has 1 aliphatic rings. The lowest BCUT2D eigenvalue weighted by Crippen LogP contribution is -2.40. The van der Waals surface area contributed by atoms with Gasteiger partial charge in [-0.2, -0.15) is 0 Å². The van der Waals surface area contributed by atoms with Crippen LogP contribution in [0.3, 0.4) is 0 Å². The number of thiazole rings is 1. The number of aromatic nitrogens is 1. The second-order valence-electron chi connectivity index (χ2n) is 9.37. The van der Waals surface area contributed by atoms with Gasteiger partial charge in [0.05, 0.1) is 38.7 Å². The van der Waals surface area contributed by atoms with Crippen molar-refractivity contribution >= 4 is 46.0 Å². The molecule has 2 aromatic carbocycles. The molecule has 4 rings (SSSR count). The quantitative estimate of drug-likeness (QED) is 0.157. The highest BCUT2D eigenvalue weighted by Gasteiger charge is 2.35. The van der Waals surface area contributed by atoms with Crippen LogP contribution in [0.25, 0.3) is 6.08 Å². The molecule has 10 heteroatoms. The van der Waals surface area contributed by atoms with Crippen molar-refractivity contribution in [2.75, 3.05) is 19.8 Å². The second-order valence-corrected chi connectivity index (χ2v) is 11.5. The summed E-state index contributed by atoms with van der Waals surface area (Å²) in [7, 11) is 0. The fourth-order valence-corrected chi connectivity index (χ4v) is 6.35. The van der Waals surface area contributed by atoms with Gasteiger partial charge in [0.2, 0.25) is 0 Å². The molecule has 0 radical (unpaired) electrons. The summed E-state index contributed by atoms with van der Waals surface area (Å²) in [6.45, 7) is 14.0. The molecular weight excluding hydrogens is 655 g/mol. The smallest absolute Gasteiger partial charge is 0.338 e. The standard InChI is InChI=1S/C31H33IN2O6S/c1-7-14-39-28-22(32)15-20(16-24(28)37-8-2)17-25-29(35)34-27(21-12-10-11-13-23(21)40-18(4)5)26(30(36)38-9-3)19(6)33-31(34)41-25/h7,10-13,15-18,27H,1,8-9,14H2,2-6H3/b25-17-/t27-/m0/s1. The minimum absolute atomic E-state index is 0.108. The van der Waals surface area contributed by atoms with E-state index in [1.54, 1.807) is 24.5 Å². The van der Waals surface area contributed by atoms with Gasteiger partial charge in [-0.15, -0.1) is 0 Å². The van der Waals surface area contributed by atoms with Crippen molar-refractivity contribution in [2.24, 2.45) is 4.99 Å². The highest BCUT2D eigenvalue weighted by Crippen LogP contribution is 2.37. The van der Waals surface area contributed by atoms with E-state index in [0.717, 1.165) is 9.13 Å². The van der Waals surface area contributed by atoms with E-state index in [-0.39, 0.29) is 18.3 Å². The first-order chi connectivity index (χ1) is 19.7. The van der Waals surface area contributed by atoms with Gasteiger partial charge in [0, 0.05) is 5.56 Å². The first-order valence-electron chi connectivity index (χ1n) is 13.3. The molecule has 1 aromatic heterocycles. The van der Waals surface area contributed by atoms with Crippen molar-refractivity contribution in [1.82, 2.24) is 4.57 Å². The number of carbonyl (C=O) groups excluding carboxylic acids is 1. The van der Waals surface area contributed by atoms with Crippen LogP contribution in [-0.2, 0) is 9.53 Å². The minimum Gasteiger partial charge on any atom is -0.491 e. The van der Waals surface area contributed by atoms with Crippen LogP contribution in [0.1, 0.15) is 51.8 Å². The van der Waals surface area contributed by atoms with Gasteiger partial charge in [-0.3, -0.25) is 9.36 Å². The van der Waals surface area contributed by atoms with E-state index in [1.807, 2.05) is 63.2 Å². The summed E-state index contributed by atoms with van der Waals surface area (Å²) >= 11 is 3.46. The maximum atomic E-state index is 14.1. The average molecular weight is 689 g/mol. The Morgan fingerprint density at radius 2 is 1.93 bits per heavy atom. The first-order valence-corrected chi connectivity index (χ1v) is 15.2. The number of halogens is 1. The molecule has 0 saturated heterocycles. The molecule has 2 heterocycles. The maximum Gasteiger partial charge on any atom is 0.338 e. The molecule has 0 fully saturated rings. The Labute approximate surface area is 256 Å². The summed E-state index contributed by atoms with van der Waals surface area (Å²) in [5, 5.41) is 0. The van der Waals surface area contributed by atoms with Gasteiger partial charge in [0.25, 0.3) is 5.56 Å².